The van der Waals surface area contributed by atoms with Crippen molar-refractivity contribution in [3.63, 3.8) is 0 Å². The Morgan fingerprint density at radius 3 is 2.78 bits per heavy atom. The number of aromatic nitrogens is 2. The summed E-state index contributed by atoms with van der Waals surface area (Å²) in [4.78, 5) is 9.58. The van der Waals surface area contributed by atoms with Crippen molar-refractivity contribution in [3.05, 3.63) is 64.3 Å². The lowest BCUT2D eigenvalue weighted by Gasteiger charge is -2.13. The monoisotopic (exact) mass is 377 g/mol. The molecular formula is C20H17BClN3O2. The number of benzene rings is 2. The van der Waals surface area contributed by atoms with Crippen LogP contribution in [0.5, 0.6) is 0 Å². The fraction of sp³-hybridized carbons (Fsp3) is 0.200. The first kappa shape index (κ1) is 16.7. The second-order valence-electron chi connectivity index (χ2n) is 6.88. The molecule has 5 nitrogen and oxygen atoms in total. The minimum Gasteiger partial charge on any atom is -0.423 e. The standard InChI is InChI=1S/C20H17BClN3O2/c22-14-6-4-12(5-7-14)19-24-18-3-1-2-16(18)20(25-19)23-15-8-9-17-13(10-15)11-27-21(17)26/h4-10,26H,1-3,11H2,(H,23,24,25). The lowest BCUT2D eigenvalue weighted by Crippen LogP contribution is -2.27. The molecule has 2 aromatic carbocycles. The van der Waals surface area contributed by atoms with Gasteiger partial charge in [0.2, 0.25) is 0 Å². The Balaban J connectivity index is 1.53. The first-order chi connectivity index (χ1) is 13.2. The van der Waals surface area contributed by atoms with E-state index in [0.717, 1.165) is 53.1 Å². The summed E-state index contributed by atoms with van der Waals surface area (Å²) in [5.41, 5.74) is 6.00. The summed E-state index contributed by atoms with van der Waals surface area (Å²) in [6.45, 7) is 0.421. The predicted octanol–water partition coefficient (Wildman–Crippen LogP) is 3.25. The van der Waals surface area contributed by atoms with E-state index in [0.29, 0.717) is 17.5 Å². The SMILES string of the molecule is OB1OCc2cc(Nc3nc(-c4ccc(Cl)cc4)nc4c3CCC4)ccc21. The topological polar surface area (TPSA) is 67.3 Å². The van der Waals surface area contributed by atoms with Crippen LogP contribution in [0.2, 0.25) is 5.02 Å². The smallest absolute Gasteiger partial charge is 0.423 e. The highest BCUT2D eigenvalue weighted by molar-refractivity contribution is 6.61. The van der Waals surface area contributed by atoms with Crippen LogP contribution in [0.1, 0.15) is 23.2 Å². The van der Waals surface area contributed by atoms with Crippen molar-refractivity contribution in [1.29, 1.82) is 0 Å². The van der Waals surface area contributed by atoms with E-state index in [1.54, 1.807) is 0 Å². The van der Waals surface area contributed by atoms with Crippen LogP contribution in [0.4, 0.5) is 11.5 Å². The van der Waals surface area contributed by atoms with Crippen molar-refractivity contribution < 1.29 is 9.68 Å². The first-order valence-corrected chi connectivity index (χ1v) is 9.40. The molecule has 0 spiro atoms. The van der Waals surface area contributed by atoms with E-state index in [1.807, 2.05) is 42.5 Å². The van der Waals surface area contributed by atoms with Gasteiger partial charge in [0, 0.05) is 27.5 Å². The highest BCUT2D eigenvalue weighted by atomic mass is 35.5. The molecule has 0 radical (unpaired) electrons. The van der Waals surface area contributed by atoms with Crippen LogP contribution in [0.25, 0.3) is 11.4 Å². The summed E-state index contributed by atoms with van der Waals surface area (Å²) in [7, 11) is -0.825. The van der Waals surface area contributed by atoms with Crippen molar-refractivity contribution in [3.8, 4) is 11.4 Å². The molecule has 0 fully saturated rings. The highest BCUT2D eigenvalue weighted by Gasteiger charge is 2.27. The van der Waals surface area contributed by atoms with E-state index < -0.39 is 7.12 Å². The third-order valence-corrected chi connectivity index (χ3v) is 5.36. The van der Waals surface area contributed by atoms with E-state index in [9.17, 15) is 5.02 Å². The molecule has 7 heteroatoms. The average Bonchev–Trinajstić information content (AvgIpc) is 3.29. The molecule has 1 aliphatic carbocycles. The molecule has 0 amide bonds. The van der Waals surface area contributed by atoms with Gasteiger partial charge in [0.05, 0.1) is 6.61 Å². The number of fused-ring (bicyclic) bond motifs is 2. The van der Waals surface area contributed by atoms with E-state index in [4.69, 9.17) is 26.2 Å². The fourth-order valence-corrected chi connectivity index (χ4v) is 3.83. The summed E-state index contributed by atoms with van der Waals surface area (Å²) in [6, 6.07) is 13.4. The van der Waals surface area contributed by atoms with Crippen LogP contribution in [-0.4, -0.2) is 22.1 Å². The van der Waals surface area contributed by atoms with Gasteiger partial charge in [-0.05, 0) is 66.7 Å². The highest BCUT2D eigenvalue weighted by Crippen LogP contribution is 2.31. The predicted molar refractivity (Wildman–Crippen MR) is 107 cm³/mol. The van der Waals surface area contributed by atoms with E-state index >= 15 is 0 Å². The molecule has 0 atom stereocenters. The van der Waals surface area contributed by atoms with Crippen molar-refractivity contribution in [2.45, 2.75) is 25.9 Å². The number of nitrogens with zero attached hydrogens (tertiary/aromatic N) is 2. The molecule has 5 rings (SSSR count). The molecule has 0 saturated heterocycles. The molecule has 3 aromatic rings. The van der Waals surface area contributed by atoms with Gasteiger partial charge < -0.3 is 15.0 Å². The zero-order valence-corrected chi connectivity index (χ0v) is 15.3. The second kappa shape index (κ2) is 6.64. The molecular weight excluding hydrogens is 361 g/mol. The van der Waals surface area contributed by atoms with Gasteiger partial charge in [0.15, 0.2) is 5.82 Å². The summed E-state index contributed by atoms with van der Waals surface area (Å²) < 4.78 is 5.28. The molecule has 0 bridgehead atoms. The van der Waals surface area contributed by atoms with Gasteiger partial charge in [-0.25, -0.2) is 9.97 Å². The Kier molecular flexibility index (Phi) is 4.12. The minimum atomic E-state index is -0.825. The van der Waals surface area contributed by atoms with Crippen molar-refractivity contribution >= 4 is 35.7 Å². The summed E-state index contributed by atoms with van der Waals surface area (Å²) in [5, 5.41) is 13.9. The summed E-state index contributed by atoms with van der Waals surface area (Å²) in [6.07, 6.45) is 3.04. The van der Waals surface area contributed by atoms with E-state index in [-0.39, 0.29) is 0 Å². The fourth-order valence-electron chi connectivity index (χ4n) is 3.71. The van der Waals surface area contributed by atoms with Gasteiger partial charge in [-0.2, -0.15) is 0 Å². The van der Waals surface area contributed by atoms with Crippen molar-refractivity contribution in [2.75, 3.05) is 5.32 Å². The molecule has 2 heterocycles. The van der Waals surface area contributed by atoms with Crippen LogP contribution in [0.3, 0.4) is 0 Å². The van der Waals surface area contributed by atoms with Crippen LogP contribution >= 0.6 is 11.6 Å². The summed E-state index contributed by atoms with van der Waals surface area (Å²) in [5.74, 6) is 1.55. The molecule has 134 valence electrons. The average molecular weight is 378 g/mol. The number of aryl methyl sites for hydroxylation is 1. The number of hydrogen-bond acceptors (Lipinski definition) is 5. The van der Waals surface area contributed by atoms with Crippen molar-refractivity contribution in [1.82, 2.24) is 9.97 Å². The van der Waals surface area contributed by atoms with Gasteiger partial charge in [0.25, 0.3) is 0 Å². The summed E-state index contributed by atoms with van der Waals surface area (Å²) >= 11 is 6.01. The van der Waals surface area contributed by atoms with Gasteiger partial charge in [0.1, 0.15) is 5.82 Å². The number of rotatable bonds is 3. The largest absolute Gasteiger partial charge is 0.491 e. The Hall–Kier alpha value is -2.41. The Bertz CT molecular complexity index is 1030. The zero-order chi connectivity index (χ0) is 18.4. The normalized spacial score (nSPS) is 15.0. The van der Waals surface area contributed by atoms with E-state index in [2.05, 4.69) is 5.32 Å². The van der Waals surface area contributed by atoms with Crippen LogP contribution in [0, 0.1) is 0 Å². The molecule has 0 saturated carbocycles. The Morgan fingerprint density at radius 2 is 1.93 bits per heavy atom. The third kappa shape index (κ3) is 3.10. The molecule has 27 heavy (non-hydrogen) atoms. The van der Waals surface area contributed by atoms with Crippen molar-refractivity contribution in [2.24, 2.45) is 0 Å². The van der Waals surface area contributed by atoms with Gasteiger partial charge in [-0.1, -0.05) is 17.7 Å². The lowest BCUT2D eigenvalue weighted by molar-refractivity contribution is 0.275. The maximum atomic E-state index is 9.80. The maximum Gasteiger partial charge on any atom is 0.491 e. The van der Waals surface area contributed by atoms with Gasteiger partial charge >= 0.3 is 7.12 Å². The first-order valence-electron chi connectivity index (χ1n) is 9.02. The quantitative estimate of drug-likeness (QED) is 0.686. The lowest BCUT2D eigenvalue weighted by atomic mass is 9.79. The van der Waals surface area contributed by atoms with Gasteiger partial charge in [-0.15, -0.1) is 0 Å². The molecule has 2 N–H and O–H groups in total. The van der Waals surface area contributed by atoms with Crippen LogP contribution in [-0.2, 0) is 24.1 Å². The minimum absolute atomic E-state index is 0.421. The molecule has 0 unspecified atom stereocenters. The Labute approximate surface area is 162 Å². The second-order valence-corrected chi connectivity index (χ2v) is 7.32. The number of halogens is 1. The zero-order valence-electron chi connectivity index (χ0n) is 14.6. The van der Waals surface area contributed by atoms with Crippen LogP contribution in [0.15, 0.2) is 42.5 Å². The van der Waals surface area contributed by atoms with E-state index in [1.165, 1.54) is 5.56 Å². The third-order valence-electron chi connectivity index (χ3n) is 5.10. The molecule has 1 aliphatic heterocycles. The number of hydrogen-bond donors (Lipinski definition) is 2. The maximum absolute atomic E-state index is 9.80. The van der Waals surface area contributed by atoms with Crippen LogP contribution < -0.4 is 10.8 Å². The number of anilines is 2. The molecule has 2 aliphatic rings. The Morgan fingerprint density at radius 1 is 1.07 bits per heavy atom. The van der Waals surface area contributed by atoms with Gasteiger partial charge in [-0.3, -0.25) is 0 Å². The number of nitrogens with one attached hydrogen (secondary N) is 1. The molecule has 1 aromatic heterocycles.